The summed E-state index contributed by atoms with van der Waals surface area (Å²) in [7, 11) is 1.68. The van der Waals surface area contributed by atoms with E-state index in [-0.39, 0.29) is 28.9 Å². The number of urea groups is 1. The second-order valence-electron chi connectivity index (χ2n) is 8.46. The van der Waals surface area contributed by atoms with Crippen molar-refractivity contribution in [2.45, 2.75) is 13.0 Å². The van der Waals surface area contributed by atoms with Crippen LogP contribution < -0.4 is 4.90 Å². The average Bonchev–Trinajstić information content (AvgIpc) is 3.48. The zero-order valence-electron chi connectivity index (χ0n) is 18.8. The Morgan fingerprint density at radius 2 is 1.62 bits per heavy atom. The van der Waals surface area contributed by atoms with Crippen molar-refractivity contribution in [3.8, 4) is 0 Å². The Morgan fingerprint density at radius 3 is 2.24 bits per heavy atom. The van der Waals surface area contributed by atoms with Gasteiger partial charge in [0, 0.05) is 39.4 Å². The van der Waals surface area contributed by atoms with E-state index in [0.717, 1.165) is 10.5 Å². The number of imide groups is 1. The molecule has 1 unspecified atom stereocenters. The van der Waals surface area contributed by atoms with Gasteiger partial charge in [0.2, 0.25) is 0 Å². The molecule has 0 spiro atoms. The predicted molar refractivity (Wildman–Crippen MR) is 122 cm³/mol. The van der Waals surface area contributed by atoms with Gasteiger partial charge in [0.15, 0.2) is 11.8 Å². The van der Waals surface area contributed by atoms with E-state index in [1.54, 1.807) is 52.2 Å². The third kappa shape index (κ3) is 3.57. The van der Waals surface area contributed by atoms with Gasteiger partial charge in [-0.15, -0.1) is 0 Å². The van der Waals surface area contributed by atoms with Crippen LogP contribution in [-0.4, -0.2) is 83.4 Å². The summed E-state index contributed by atoms with van der Waals surface area (Å²) in [5.41, 5.74) is 1.83. The van der Waals surface area contributed by atoms with E-state index in [0.29, 0.717) is 31.9 Å². The van der Waals surface area contributed by atoms with Gasteiger partial charge in [0.05, 0.1) is 23.2 Å². The SMILES string of the molecule is Cc1ccc(N2C(=O)N=C3C(C(=O)N4CCN(C(=O)c5ccco5)CC4)=CN(C)C3C2=O)cc1. The molecule has 5 amide bonds. The van der Waals surface area contributed by atoms with Crippen molar-refractivity contribution in [3.05, 3.63) is 65.8 Å². The second-order valence-corrected chi connectivity index (χ2v) is 8.46. The number of carbonyl (C=O) groups excluding carboxylic acids is 4. The Labute approximate surface area is 195 Å². The van der Waals surface area contributed by atoms with Crippen LogP contribution in [-0.2, 0) is 9.59 Å². The van der Waals surface area contributed by atoms with Gasteiger partial charge in [0.1, 0.15) is 0 Å². The molecule has 0 radical (unpaired) electrons. The summed E-state index contributed by atoms with van der Waals surface area (Å²) in [5.74, 6) is -0.729. The van der Waals surface area contributed by atoms with E-state index in [4.69, 9.17) is 4.42 Å². The molecular formula is C24H23N5O5. The Morgan fingerprint density at radius 1 is 0.971 bits per heavy atom. The van der Waals surface area contributed by atoms with E-state index >= 15 is 0 Å². The molecule has 1 aromatic heterocycles. The fraction of sp³-hybridized carbons (Fsp3) is 0.292. The summed E-state index contributed by atoms with van der Waals surface area (Å²) >= 11 is 0. The highest BCUT2D eigenvalue weighted by Gasteiger charge is 2.47. The molecule has 3 aliphatic heterocycles. The van der Waals surface area contributed by atoms with Gasteiger partial charge >= 0.3 is 6.03 Å². The van der Waals surface area contributed by atoms with Crippen LogP contribution in [0.25, 0.3) is 0 Å². The molecule has 1 atom stereocenters. The van der Waals surface area contributed by atoms with Gasteiger partial charge in [-0.1, -0.05) is 17.7 Å². The van der Waals surface area contributed by atoms with E-state index in [9.17, 15) is 19.2 Å². The number of benzene rings is 1. The topological polar surface area (TPSA) is 107 Å². The number of rotatable bonds is 3. The number of nitrogens with zero attached hydrogens (tertiary/aromatic N) is 5. The molecule has 10 heteroatoms. The Balaban J connectivity index is 1.32. The molecule has 0 saturated carbocycles. The van der Waals surface area contributed by atoms with Crippen LogP contribution in [0.2, 0.25) is 0 Å². The van der Waals surface area contributed by atoms with Crippen molar-refractivity contribution in [2.75, 3.05) is 38.1 Å². The van der Waals surface area contributed by atoms with Gasteiger partial charge in [-0.05, 0) is 31.2 Å². The number of amides is 5. The molecule has 1 fully saturated rings. The number of piperazine rings is 1. The largest absolute Gasteiger partial charge is 0.459 e. The first-order valence-electron chi connectivity index (χ1n) is 10.9. The number of carbonyl (C=O) groups is 4. The van der Waals surface area contributed by atoms with E-state index in [1.807, 2.05) is 19.1 Å². The summed E-state index contributed by atoms with van der Waals surface area (Å²) in [5, 5.41) is 0. The molecule has 3 aliphatic rings. The minimum atomic E-state index is -0.847. The molecule has 10 nitrogen and oxygen atoms in total. The van der Waals surface area contributed by atoms with Gasteiger partial charge in [-0.2, -0.15) is 4.99 Å². The summed E-state index contributed by atoms with van der Waals surface area (Å²) in [6.45, 7) is 3.26. The lowest BCUT2D eigenvalue weighted by Gasteiger charge is -2.35. The standard InChI is InChI=1S/C24H23N5O5/c1-15-5-7-16(8-6-15)29-23(32)20-19(25-24(29)33)17(14-26(20)2)21(30)27-9-11-28(12-10-27)22(31)18-4-3-13-34-18/h3-8,13-14,20H,9-12H2,1-2H3. The van der Waals surface area contributed by atoms with Gasteiger partial charge in [0.25, 0.3) is 17.7 Å². The number of fused-ring (bicyclic) bond motifs is 1. The highest BCUT2D eigenvalue weighted by molar-refractivity contribution is 6.39. The van der Waals surface area contributed by atoms with Crippen LogP contribution >= 0.6 is 0 Å². The minimum absolute atomic E-state index is 0.167. The van der Waals surface area contributed by atoms with Crippen molar-refractivity contribution in [1.82, 2.24) is 14.7 Å². The highest BCUT2D eigenvalue weighted by Crippen LogP contribution is 2.29. The first-order chi connectivity index (χ1) is 16.3. The van der Waals surface area contributed by atoms with E-state index < -0.39 is 18.0 Å². The van der Waals surface area contributed by atoms with Gasteiger partial charge < -0.3 is 19.1 Å². The number of anilines is 1. The zero-order valence-corrected chi connectivity index (χ0v) is 18.8. The zero-order chi connectivity index (χ0) is 24.0. The van der Waals surface area contributed by atoms with Gasteiger partial charge in [-0.3, -0.25) is 14.4 Å². The third-order valence-electron chi connectivity index (χ3n) is 6.25. The highest BCUT2D eigenvalue weighted by atomic mass is 16.3. The number of hydrogen-bond donors (Lipinski definition) is 0. The Kier molecular flexibility index (Phi) is 5.27. The summed E-state index contributed by atoms with van der Waals surface area (Å²) in [4.78, 5) is 61.9. The van der Waals surface area contributed by atoms with Crippen LogP contribution in [0.5, 0.6) is 0 Å². The Hall–Kier alpha value is -4.21. The number of aliphatic imine (C=N–C) groups is 1. The molecule has 0 N–H and O–H groups in total. The molecule has 1 saturated heterocycles. The summed E-state index contributed by atoms with van der Waals surface area (Å²) < 4.78 is 5.17. The fourth-order valence-corrected chi connectivity index (χ4v) is 4.40. The first-order valence-corrected chi connectivity index (χ1v) is 10.9. The van der Waals surface area contributed by atoms with Crippen LogP contribution in [0.15, 0.2) is 63.8 Å². The third-order valence-corrected chi connectivity index (χ3v) is 6.25. The molecule has 1 aromatic carbocycles. The number of likely N-dealkylation sites (N-methyl/N-ethyl adjacent to an activating group) is 1. The molecule has 5 rings (SSSR count). The number of furan rings is 1. The molecule has 2 aromatic rings. The smallest absolute Gasteiger partial charge is 0.355 e. The van der Waals surface area contributed by atoms with Crippen LogP contribution in [0.1, 0.15) is 16.1 Å². The van der Waals surface area contributed by atoms with E-state index in [1.165, 1.54) is 6.26 Å². The maximum Gasteiger partial charge on any atom is 0.355 e. The quantitative estimate of drug-likeness (QED) is 0.689. The average molecular weight is 461 g/mol. The molecule has 0 aliphatic carbocycles. The summed E-state index contributed by atoms with van der Waals surface area (Å²) in [6, 6.07) is 8.72. The molecule has 4 heterocycles. The van der Waals surface area contributed by atoms with Crippen LogP contribution in [0.4, 0.5) is 10.5 Å². The van der Waals surface area contributed by atoms with Crippen molar-refractivity contribution in [1.29, 1.82) is 0 Å². The maximum absolute atomic E-state index is 13.3. The molecule has 174 valence electrons. The lowest BCUT2D eigenvalue weighted by Crippen LogP contribution is -2.55. The van der Waals surface area contributed by atoms with Crippen molar-refractivity contribution in [3.63, 3.8) is 0 Å². The molecule has 34 heavy (non-hydrogen) atoms. The summed E-state index contributed by atoms with van der Waals surface area (Å²) in [6.07, 6.45) is 3.01. The predicted octanol–water partition coefficient (Wildman–Crippen LogP) is 1.68. The van der Waals surface area contributed by atoms with E-state index in [2.05, 4.69) is 4.99 Å². The first kappa shape index (κ1) is 21.6. The second kappa shape index (κ2) is 8.29. The monoisotopic (exact) mass is 461 g/mol. The van der Waals surface area contributed by atoms with Crippen molar-refractivity contribution in [2.24, 2.45) is 4.99 Å². The number of hydrogen-bond acceptors (Lipinski definition) is 6. The van der Waals surface area contributed by atoms with Gasteiger partial charge in [-0.25, -0.2) is 9.69 Å². The van der Waals surface area contributed by atoms with Crippen molar-refractivity contribution >= 4 is 35.2 Å². The van der Waals surface area contributed by atoms with Crippen LogP contribution in [0.3, 0.4) is 0 Å². The fourth-order valence-electron chi connectivity index (χ4n) is 4.40. The molecular weight excluding hydrogens is 438 g/mol. The lowest BCUT2D eigenvalue weighted by atomic mass is 10.0. The lowest BCUT2D eigenvalue weighted by molar-refractivity contribution is -0.128. The Bertz CT molecular complexity index is 1220. The van der Waals surface area contributed by atoms with Crippen LogP contribution in [0, 0.1) is 6.92 Å². The minimum Gasteiger partial charge on any atom is -0.459 e. The maximum atomic E-state index is 13.3. The normalized spacial score (nSPS) is 20.4. The molecule has 0 bridgehead atoms. The van der Waals surface area contributed by atoms with Crippen molar-refractivity contribution < 1.29 is 23.6 Å². The number of aryl methyl sites for hydroxylation is 1.